The van der Waals surface area contributed by atoms with Crippen molar-refractivity contribution in [3.05, 3.63) is 26.8 Å². The van der Waals surface area contributed by atoms with Gasteiger partial charge in [0.05, 0.1) is 14.3 Å². The van der Waals surface area contributed by atoms with E-state index in [0.717, 1.165) is 14.3 Å². The van der Waals surface area contributed by atoms with Crippen LogP contribution in [0.1, 0.15) is 0 Å². The van der Waals surface area contributed by atoms with Gasteiger partial charge in [0.25, 0.3) is 0 Å². The summed E-state index contributed by atoms with van der Waals surface area (Å²) >= 11 is 7.92. The standard InChI is InChI=1S/C6H6ClIN2/c7-4-2-1-3-5(10-9)6(4)8/h1-3,10H,9H2. The molecule has 10 heavy (non-hydrogen) atoms. The maximum atomic E-state index is 5.79. The minimum absolute atomic E-state index is 0.719. The molecule has 0 bridgehead atoms. The maximum absolute atomic E-state index is 5.79. The molecule has 1 rings (SSSR count). The molecule has 0 saturated heterocycles. The van der Waals surface area contributed by atoms with Crippen LogP contribution in [0, 0.1) is 3.57 Å². The molecule has 0 aliphatic heterocycles. The van der Waals surface area contributed by atoms with E-state index in [-0.39, 0.29) is 0 Å². The average molecular weight is 268 g/mol. The third-order valence-corrected chi connectivity index (χ3v) is 2.90. The lowest BCUT2D eigenvalue weighted by Gasteiger charge is -2.02. The molecule has 0 spiro atoms. The SMILES string of the molecule is NNc1cccc(Cl)c1I. The topological polar surface area (TPSA) is 38.0 Å². The summed E-state index contributed by atoms with van der Waals surface area (Å²) in [5.41, 5.74) is 3.40. The minimum Gasteiger partial charge on any atom is -0.323 e. The molecule has 3 N–H and O–H groups in total. The predicted octanol–water partition coefficient (Wildman–Crippen LogP) is 2.23. The third kappa shape index (κ3) is 1.53. The van der Waals surface area contributed by atoms with Gasteiger partial charge in [-0.05, 0) is 34.7 Å². The first-order valence-electron chi connectivity index (χ1n) is 2.66. The largest absolute Gasteiger partial charge is 0.323 e. The summed E-state index contributed by atoms with van der Waals surface area (Å²) < 4.78 is 0.948. The van der Waals surface area contributed by atoms with Crippen molar-refractivity contribution < 1.29 is 0 Å². The highest BCUT2D eigenvalue weighted by molar-refractivity contribution is 14.1. The van der Waals surface area contributed by atoms with Gasteiger partial charge in [-0.15, -0.1) is 0 Å². The molecule has 0 aliphatic rings. The van der Waals surface area contributed by atoms with Gasteiger partial charge < -0.3 is 5.43 Å². The zero-order chi connectivity index (χ0) is 7.56. The first-order valence-corrected chi connectivity index (χ1v) is 4.12. The molecule has 4 heteroatoms. The highest BCUT2D eigenvalue weighted by Gasteiger charge is 1.99. The fourth-order valence-electron chi connectivity index (χ4n) is 0.615. The number of rotatable bonds is 1. The van der Waals surface area contributed by atoms with Crippen molar-refractivity contribution in [3.63, 3.8) is 0 Å². The lowest BCUT2D eigenvalue weighted by molar-refractivity contribution is 1.34. The Bertz CT molecular complexity index is 239. The van der Waals surface area contributed by atoms with Crippen LogP contribution in [-0.2, 0) is 0 Å². The Morgan fingerprint density at radius 3 is 2.70 bits per heavy atom. The fraction of sp³-hybridized carbons (Fsp3) is 0. The molecule has 0 heterocycles. The molecule has 2 nitrogen and oxygen atoms in total. The number of hydrazine groups is 1. The Morgan fingerprint density at radius 2 is 2.20 bits per heavy atom. The molecule has 0 atom stereocenters. The lowest BCUT2D eigenvalue weighted by atomic mass is 10.3. The molecule has 0 amide bonds. The lowest BCUT2D eigenvalue weighted by Crippen LogP contribution is -2.07. The van der Waals surface area contributed by atoms with Crippen LogP contribution >= 0.6 is 34.2 Å². The number of nitrogen functional groups attached to an aromatic ring is 1. The van der Waals surface area contributed by atoms with Crippen LogP contribution in [0.3, 0.4) is 0 Å². The minimum atomic E-state index is 0.719. The second-order valence-electron chi connectivity index (χ2n) is 1.75. The maximum Gasteiger partial charge on any atom is 0.0633 e. The summed E-state index contributed by atoms with van der Waals surface area (Å²) in [6.07, 6.45) is 0. The Morgan fingerprint density at radius 1 is 1.50 bits per heavy atom. The van der Waals surface area contributed by atoms with E-state index >= 15 is 0 Å². The molecule has 0 radical (unpaired) electrons. The average Bonchev–Trinajstić information content (AvgIpc) is 1.95. The van der Waals surface area contributed by atoms with Crippen LogP contribution in [0.15, 0.2) is 18.2 Å². The van der Waals surface area contributed by atoms with Crippen LogP contribution in [-0.4, -0.2) is 0 Å². The molecule has 0 aromatic heterocycles. The normalized spacial score (nSPS) is 9.50. The Kier molecular flexibility index (Phi) is 2.76. The van der Waals surface area contributed by atoms with E-state index in [1.54, 1.807) is 0 Å². The van der Waals surface area contributed by atoms with Gasteiger partial charge >= 0.3 is 0 Å². The molecular weight excluding hydrogens is 262 g/mol. The third-order valence-electron chi connectivity index (χ3n) is 1.11. The van der Waals surface area contributed by atoms with Crippen molar-refractivity contribution in [2.24, 2.45) is 5.84 Å². The number of nitrogens with two attached hydrogens (primary N) is 1. The first kappa shape index (κ1) is 8.10. The van der Waals surface area contributed by atoms with E-state index in [9.17, 15) is 0 Å². The second kappa shape index (κ2) is 3.41. The molecule has 0 aliphatic carbocycles. The number of hydrogen-bond donors (Lipinski definition) is 2. The molecule has 0 fully saturated rings. The monoisotopic (exact) mass is 268 g/mol. The van der Waals surface area contributed by atoms with E-state index in [4.69, 9.17) is 17.4 Å². The summed E-state index contributed by atoms with van der Waals surface area (Å²) in [4.78, 5) is 0. The fourth-order valence-corrected chi connectivity index (χ4v) is 1.31. The van der Waals surface area contributed by atoms with Crippen LogP contribution in [0.2, 0.25) is 5.02 Å². The number of halogens is 2. The van der Waals surface area contributed by atoms with Gasteiger partial charge in [0, 0.05) is 0 Å². The second-order valence-corrected chi connectivity index (χ2v) is 3.23. The number of hydrogen-bond acceptors (Lipinski definition) is 2. The van der Waals surface area contributed by atoms with Crippen molar-refractivity contribution >= 4 is 39.9 Å². The van der Waals surface area contributed by atoms with Crippen LogP contribution in [0.4, 0.5) is 5.69 Å². The van der Waals surface area contributed by atoms with E-state index in [0.29, 0.717) is 0 Å². The van der Waals surface area contributed by atoms with E-state index < -0.39 is 0 Å². The van der Waals surface area contributed by atoms with Crippen LogP contribution < -0.4 is 11.3 Å². The Balaban J connectivity index is 3.14. The molecule has 0 saturated carbocycles. The zero-order valence-corrected chi connectivity index (χ0v) is 7.98. The molecule has 1 aromatic carbocycles. The van der Waals surface area contributed by atoms with Gasteiger partial charge in [-0.3, -0.25) is 5.84 Å². The number of benzene rings is 1. The molecule has 54 valence electrons. The number of anilines is 1. The van der Waals surface area contributed by atoms with Crippen molar-refractivity contribution in [2.45, 2.75) is 0 Å². The van der Waals surface area contributed by atoms with Gasteiger partial charge in [-0.25, -0.2) is 0 Å². The van der Waals surface area contributed by atoms with Gasteiger partial charge in [0.15, 0.2) is 0 Å². The van der Waals surface area contributed by atoms with E-state index in [1.165, 1.54) is 0 Å². The van der Waals surface area contributed by atoms with E-state index in [2.05, 4.69) is 28.0 Å². The summed E-state index contributed by atoms with van der Waals surface area (Å²) in [5, 5.41) is 0.719. The van der Waals surface area contributed by atoms with Crippen LogP contribution in [0.25, 0.3) is 0 Å². The smallest absolute Gasteiger partial charge is 0.0633 e. The summed E-state index contributed by atoms with van der Waals surface area (Å²) in [6, 6.07) is 5.54. The zero-order valence-electron chi connectivity index (χ0n) is 5.07. The highest BCUT2D eigenvalue weighted by Crippen LogP contribution is 2.24. The van der Waals surface area contributed by atoms with Crippen molar-refractivity contribution in [1.82, 2.24) is 0 Å². The van der Waals surface area contributed by atoms with Gasteiger partial charge in [-0.1, -0.05) is 17.7 Å². The van der Waals surface area contributed by atoms with Crippen molar-refractivity contribution in [2.75, 3.05) is 5.43 Å². The Hall–Kier alpha value is -0.000000000000000111. The summed E-state index contributed by atoms with van der Waals surface area (Å²) in [5.74, 6) is 5.21. The molecule has 1 aromatic rings. The summed E-state index contributed by atoms with van der Waals surface area (Å²) in [6.45, 7) is 0. The van der Waals surface area contributed by atoms with Crippen LogP contribution in [0.5, 0.6) is 0 Å². The van der Waals surface area contributed by atoms with Crippen molar-refractivity contribution in [3.8, 4) is 0 Å². The summed E-state index contributed by atoms with van der Waals surface area (Å²) in [7, 11) is 0. The predicted molar refractivity (Wildman–Crippen MR) is 52.0 cm³/mol. The van der Waals surface area contributed by atoms with Gasteiger partial charge in [0.1, 0.15) is 0 Å². The first-order chi connectivity index (χ1) is 4.75. The quantitative estimate of drug-likeness (QED) is 0.466. The highest BCUT2D eigenvalue weighted by atomic mass is 127. The molecular formula is C6H6ClIN2. The molecule has 0 unspecified atom stereocenters. The Labute approximate surface area is 77.9 Å². The van der Waals surface area contributed by atoms with Crippen molar-refractivity contribution in [1.29, 1.82) is 0 Å². The van der Waals surface area contributed by atoms with Gasteiger partial charge in [-0.2, -0.15) is 0 Å². The number of nitrogens with one attached hydrogen (secondary N) is 1. The van der Waals surface area contributed by atoms with E-state index in [1.807, 2.05) is 18.2 Å². The van der Waals surface area contributed by atoms with Gasteiger partial charge in [0.2, 0.25) is 0 Å².